The minimum absolute atomic E-state index is 0.242. The highest BCUT2D eigenvalue weighted by molar-refractivity contribution is 9.10. The van der Waals surface area contributed by atoms with Crippen molar-refractivity contribution in [1.82, 2.24) is 9.66 Å². The Kier molecular flexibility index (Phi) is 6.66. The van der Waals surface area contributed by atoms with Gasteiger partial charge in [0.1, 0.15) is 11.5 Å². The molecule has 0 saturated carbocycles. The molecule has 0 spiro atoms. The number of ether oxygens (including phenoxy) is 2. The van der Waals surface area contributed by atoms with Gasteiger partial charge in [0.2, 0.25) is 0 Å². The summed E-state index contributed by atoms with van der Waals surface area (Å²) in [7, 11) is 0. The van der Waals surface area contributed by atoms with Crippen molar-refractivity contribution in [2.45, 2.75) is 13.8 Å². The number of halogens is 1. The zero-order valence-corrected chi connectivity index (χ0v) is 19.4. The monoisotopic (exact) mass is 491 g/mol. The van der Waals surface area contributed by atoms with Gasteiger partial charge in [0.05, 0.1) is 34.8 Å². The van der Waals surface area contributed by atoms with Crippen LogP contribution in [0.5, 0.6) is 11.5 Å². The van der Waals surface area contributed by atoms with E-state index in [1.54, 1.807) is 12.3 Å². The van der Waals surface area contributed by atoms with Crippen LogP contribution in [0.1, 0.15) is 19.4 Å². The van der Waals surface area contributed by atoms with Gasteiger partial charge in [0.25, 0.3) is 5.56 Å². The van der Waals surface area contributed by atoms with E-state index in [-0.39, 0.29) is 5.56 Å². The van der Waals surface area contributed by atoms with E-state index in [2.05, 4.69) is 21.0 Å². The third-order valence-electron chi connectivity index (χ3n) is 4.76. The second-order valence-corrected chi connectivity index (χ2v) is 7.72. The van der Waals surface area contributed by atoms with Gasteiger partial charge in [-0.15, -0.1) is 0 Å². The molecule has 4 aromatic rings. The molecule has 32 heavy (non-hydrogen) atoms. The lowest BCUT2D eigenvalue weighted by Crippen LogP contribution is -2.20. The Hall–Kier alpha value is -3.45. The lowest BCUT2D eigenvalue weighted by molar-refractivity contribution is 0.321. The minimum atomic E-state index is -0.242. The van der Waals surface area contributed by atoms with Crippen LogP contribution in [-0.2, 0) is 0 Å². The first kappa shape index (κ1) is 21.8. The maximum Gasteiger partial charge on any atom is 0.282 e. The molecule has 4 rings (SSSR count). The van der Waals surface area contributed by atoms with Crippen molar-refractivity contribution >= 4 is 33.0 Å². The molecule has 0 radical (unpaired) electrons. The van der Waals surface area contributed by atoms with Crippen LogP contribution in [0.4, 0.5) is 0 Å². The van der Waals surface area contributed by atoms with Gasteiger partial charge in [-0.25, -0.2) is 4.98 Å². The molecule has 7 heteroatoms. The van der Waals surface area contributed by atoms with E-state index >= 15 is 0 Å². The first-order valence-corrected chi connectivity index (χ1v) is 11.1. The Morgan fingerprint density at radius 3 is 2.41 bits per heavy atom. The number of hydrogen-bond donors (Lipinski definition) is 0. The summed E-state index contributed by atoms with van der Waals surface area (Å²) < 4.78 is 13.5. The van der Waals surface area contributed by atoms with Crippen LogP contribution in [0.2, 0.25) is 0 Å². The average molecular weight is 492 g/mol. The average Bonchev–Trinajstić information content (AvgIpc) is 2.81. The summed E-state index contributed by atoms with van der Waals surface area (Å²) in [5.41, 5.74) is 1.89. The van der Waals surface area contributed by atoms with Gasteiger partial charge in [-0.05, 0) is 48.0 Å². The van der Waals surface area contributed by atoms with Crippen LogP contribution in [0.25, 0.3) is 22.3 Å². The lowest BCUT2D eigenvalue weighted by Gasteiger charge is -2.13. The standard InChI is InChI=1S/C25H22BrN3O3/c1-3-31-22-15-23(32-4-2)20(26)14-18(22)16-27-29-24(17-10-6-5-7-11-17)28-21-13-9-8-12-19(21)25(29)30/h5-16H,3-4H2,1-2H3. The molecule has 6 nitrogen and oxygen atoms in total. The van der Waals surface area contributed by atoms with Crippen LogP contribution in [0.15, 0.2) is 81.1 Å². The second-order valence-electron chi connectivity index (χ2n) is 6.87. The Bertz CT molecular complexity index is 1330. The van der Waals surface area contributed by atoms with E-state index in [1.165, 1.54) is 4.68 Å². The van der Waals surface area contributed by atoms with E-state index < -0.39 is 0 Å². The van der Waals surface area contributed by atoms with Crippen molar-refractivity contribution < 1.29 is 9.47 Å². The lowest BCUT2D eigenvalue weighted by atomic mass is 10.2. The Morgan fingerprint density at radius 1 is 0.969 bits per heavy atom. The van der Waals surface area contributed by atoms with Gasteiger partial charge in [-0.2, -0.15) is 9.78 Å². The smallest absolute Gasteiger partial charge is 0.282 e. The van der Waals surface area contributed by atoms with Gasteiger partial charge in [-0.3, -0.25) is 4.79 Å². The minimum Gasteiger partial charge on any atom is -0.493 e. The molecule has 1 heterocycles. The van der Waals surface area contributed by atoms with Gasteiger partial charge < -0.3 is 9.47 Å². The van der Waals surface area contributed by atoms with Gasteiger partial charge in [0.15, 0.2) is 5.82 Å². The van der Waals surface area contributed by atoms with Crippen molar-refractivity contribution in [1.29, 1.82) is 0 Å². The molecule has 0 aliphatic rings. The van der Waals surface area contributed by atoms with Crippen molar-refractivity contribution in [2.24, 2.45) is 5.10 Å². The summed E-state index contributed by atoms with van der Waals surface area (Å²) in [6.45, 7) is 4.86. The Morgan fingerprint density at radius 2 is 1.66 bits per heavy atom. The van der Waals surface area contributed by atoms with Crippen LogP contribution in [0.3, 0.4) is 0 Å². The maximum atomic E-state index is 13.3. The first-order chi connectivity index (χ1) is 15.6. The third-order valence-corrected chi connectivity index (χ3v) is 5.38. The quantitative estimate of drug-likeness (QED) is 0.320. The predicted molar refractivity (Wildman–Crippen MR) is 131 cm³/mol. The number of hydrogen-bond acceptors (Lipinski definition) is 5. The SMILES string of the molecule is CCOc1cc(OCC)c(C=Nn2c(-c3ccccc3)nc3ccccc3c2=O)cc1Br. The molecular formula is C25H22BrN3O3. The number of nitrogens with zero attached hydrogens (tertiary/aromatic N) is 3. The van der Waals surface area contributed by atoms with E-state index in [9.17, 15) is 4.79 Å². The molecule has 0 amide bonds. The topological polar surface area (TPSA) is 65.7 Å². The number of para-hydroxylation sites is 1. The van der Waals surface area contributed by atoms with Gasteiger partial charge >= 0.3 is 0 Å². The molecule has 0 aliphatic carbocycles. The second kappa shape index (κ2) is 9.78. The fraction of sp³-hybridized carbons (Fsp3) is 0.160. The zero-order valence-electron chi connectivity index (χ0n) is 17.8. The van der Waals surface area contributed by atoms with Gasteiger partial charge in [0, 0.05) is 17.2 Å². The van der Waals surface area contributed by atoms with Crippen molar-refractivity contribution in [2.75, 3.05) is 13.2 Å². The van der Waals surface area contributed by atoms with Crippen LogP contribution < -0.4 is 15.0 Å². The summed E-state index contributed by atoms with van der Waals surface area (Å²) in [5.74, 6) is 1.77. The normalized spacial score (nSPS) is 11.2. The van der Waals surface area contributed by atoms with E-state index in [4.69, 9.17) is 14.5 Å². The van der Waals surface area contributed by atoms with E-state index in [1.807, 2.05) is 74.5 Å². The molecule has 1 aromatic heterocycles. The summed E-state index contributed by atoms with van der Waals surface area (Å²) in [4.78, 5) is 18.0. The molecule has 162 valence electrons. The van der Waals surface area contributed by atoms with Crippen molar-refractivity contribution in [3.05, 3.63) is 87.1 Å². The van der Waals surface area contributed by atoms with Crippen molar-refractivity contribution in [3.63, 3.8) is 0 Å². The van der Waals surface area contributed by atoms with Crippen molar-refractivity contribution in [3.8, 4) is 22.9 Å². The molecule has 0 atom stereocenters. The zero-order chi connectivity index (χ0) is 22.5. The molecule has 0 unspecified atom stereocenters. The van der Waals surface area contributed by atoms with Crippen LogP contribution in [-0.4, -0.2) is 29.1 Å². The predicted octanol–water partition coefficient (Wildman–Crippen LogP) is 5.51. The van der Waals surface area contributed by atoms with Crippen LogP contribution >= 0.6 is 15.9 Å². The Labute approximate surface area is 194 Å². The highest BCUT2D eigenvalue weighted by atomic mass is 79.9. The fourth-order valence-electron chi connectivity index (χ4n) is 3.32. The number of benzene rings is 3. The molecule has 3 aromatic carbocycles. The molecule has 0 saturated heterocycles. The highest BCUT2D eigenvalue weighted by Gasteiger charge is 2.13. The largest absolute Gasteiger partial charge is 0.493 e. The number of aromatic nitrogens is 2. The molecular weight excluding hydrogens is 470 g/mol. The third kappa shape index (κ3) is 4.43. The molecule has 0 N–H and O–H groups in total. The summed E-state index contributed by atoms with van der Waals surface area (Å²) in [6, 6.07) is 20.5. The van der Waals surface area contributed by atoms with E-state index in [0.29, 0.717) is 47.0 Å². The first-order valence-electron chi connectivity index (χ1n) is 10.3. The highest BCUT2D eigenvalue weighted by Crippen LogP contribution is 2.32. The molecule has 0 fully saturated rings. The number of fused-ring (bicyclic) bond motifs is 1. The maximum absolute atomic E-state index is 13.3. The summed E-state index contributed by atoms with van der Waals surface area (Å²) in [5, 5.41) is 5.04. The Balaban J connectivity index is 1.88. The van der Waals surface area contributed by atoms with Gasteiger partial charge in [-0.1, -0.05) is 42.5 Å². The molecule has 0 bridgehead atoms. The molecule has 0 aliphatic heterocycles. The fourth-order valence-corrected chi connectivity index (χ4v) is 3.80. The van der Waals surface area contributed by atoms with E-state index in [0.717, 1.165) is 10.0 Å². The van der Waals surface area contributed by atoms with Crippen LogP contribution in [0, 0.1) is 0 Å². The summed E-state index contributed by atoms with van der Waals surface area (Å²) >= 11 is 3.53. The summed E-state index contributed by atoms with van der Waals surface area (Å²) in [6.07, 6.45) is 1.61. The number of rotatable bonds is 7.